The van der Waals surface area contributed by atoms with E-state index in [9.17, 15) is 9.59 Å². The van der Waals surface area contributed by atoms with Crippen molar-refractivity contribution in [1.29, 1.82) is 0 Å². The number of hydrogen-bond donors (Lipinski definition) is 2. The fourth-order valence-electron chi connectivity index (χ4n) is 6.55. The number of carbonyl (C=O) groups excluding carboxylic acids is 2. The van der Waals surface area contributed by atoms with Crippen LogP contribution in [0, 0.1) is 0 Å². The summed E-state index contributed by atoms with van der Waals surface area (Å²) >= 11 is 0. The van der Waals surface area contributed by atoms with E-state index in [0.29, 0.717) is 12.8 Å². The number of rotatable bonds is 36. The number of benzene rings is 1. The zero-order valence-corrected chi connectivity index (χ0v) is 31.2. The predicted octanol–water partition coefficient (Wildman–Crippen LogP) is 12.6. The predicted molar refractivity (Wildman–Crippen MR) is 209 cm³/mol. The van der Waals surface area contributed by atoms with E-state index in [-0.39, 0.29) is 11.8 Å². The molecular weight excluding hydrogens is 588 g/mol. The van der Waals surface area contributed by atoms with Crippen molar-refractivity contribution in [3.05, 3.63) is 59.7 Å². The second-order valence-corrected chi connectivity index (χ2v) is 14.3. The highest BCUT2D eigenvalue weighted by Gasteiger charge is 2.00. The summed E-state index contributed by atoms with van der Waals surface area (Å²) < 4.78 is 0. The first-order chi connectivity index (χ1) is 23.6. The van der Waals surface area contributed by atoms with Gasteiger partial charge >= 0.3 is 0 Å². The van der Waals surface area contributed by atoms with Gasteiger partial charge in [0, 0.05) is 12.8 Å². The zero-order valence-electron chi connectivity index (χ0n) is 31.2. The van der Waals surface area contributed by atoms with Gasteiger partial charge in [0.2, 0.25) is 11.8 Å². The number of amides is 2. The van der Waals surface area contributed by atoms with E-state index in [1.165, 1.54) is 178 Å². The monoisotopic (exact) mass is 665 g/mol. The van der Waals surface area contributed by atoms with Crippen molar-refractivity contribution in [3.8, 4) is 0 Å². The molecule has 0 radical (unpaired) electrons. The van der Waals surface area contributed by atoms with Gasteiger partial charge in [0.15, 0.2) is 0 Å². The van der Waals surface area contributed by atoms with Crippen LogP contribution in [0.4, 0.5) is 0 Å². The number of allylic oxidation sites excluding steroid dienone is 4. The molecule has 0 aliphatic carbocycles. The van der Waals surface area contributed by atoms with E-state index in [0.717, 1.165) is 25.7 Å². The van der Waals surface area contributed by atoms with Crippen LogP contribution in [0.25, 0.3) is 0 Å². The van der Waals surface area contributed by atoms with Gasteiger partial charge in [0.25, 0.3) is 0 Å². The lowest BCUT2D eigenvalue weighted by Crippen LogP contribution is -2.09. The Balaban J connectivity index is 1.86. The minimum absolute atomic E-state index is 0.167. The van der Waals surface area contributed by atoms with Crippen molar-refractivity contribution < 1.29 is 9.59 Å². The number of hydrogen-bond acceptors (Lipinski definition) is 2. The van der Waals surface area contributed by atoms with E-state index in [2.05, 4.69) is 48.6 Å². The highest BCUT2D eigenvalue weighted by Crippen LogP contribution is 2.16. The van der Waals surface area contributed by atoms with E-state index in [4.69, 9.17) is 11.5 Å². The fourth-order valence-corrected chi connectivity index (χ4v) is 6.55. The quantitative estimate of drug-likeness (QED) is 0.0552. The van der Waals surface area contributed by atoms with Gasteiger partial charge in [-0.1, -0.05) is 151 Å². The SMILES string of the molecule is NC(=O)CCCCCCCC=CCCCCCCCCCc1cccc(CCCCCCCCCC=CCCCCCCCC(N)=O)c1. The van der Waals surface area contributed by atoms with Crippen LogP contribution in [0.15, 0.2) is 48.6 Å². The van der Waals surface area contributed by atoms with Gasteiger partial charge in [-0.2, -0.15) is 0 Å². The van der Waals surface area contributed by atoms with Crippen molar-refractivity contribution in [3.63, 3.8) is 0 Å². The van der Waals surface area contributed by atoms with Gasteiger partial charge in [-0.05, 0) is 101 Å². The third kappa shape index (κ3) is 32.2. The number of nitrogens with two attached hydrogens (primary N) is 2. The summed E-state index contributed by atoms with van der Waals surface area (Å²) in [5, 5.41) is 0. The van der Waals surface area contributed by atoms with Crippen molar-refractivity contribution in [2.24, 2.45) is 11.5 Å². The first-order valence-electron chi connectivity index (χ1n) is 20.5. The smallest absolute Gasteiger partial charge is 0.217 e. The van der Waals surface area contributed by atoms with E-state index in [1.54, 1.807) is 0 Å². The molecule has 0 aromatic heterocycles. The average molecular weight is 665 g/mol. The molecule has 1 aromatic rings. The summed E-state index contributed by atoms with van der Waals surface area (Å²) in [6, 6.07) is 9.41. The lowest BCUT2D eigenvalue weighted by molar-refractivity contribution is -0.119. The Morgan fingerprint density at radius 3 is 0.979 bits per heavy atom. The molecule has 0 spiro atoms. The summed E-state index contributed by atoms with van der Waals surface area (Å²) in [7, 11) is 0. The third-order valence-electron chi connectivity index (χ3n) is 9.59. The molecule has 1 aromatic carbocycles. The molecule has 0 unspecified atom stereocenters. The number of primary amides is 2. The number of aryl methyl sites for hydroxylation is 2. The minimum atomic E-state index is -0.167. The van der Waals surface area contributed by atoms with Gasteiger partial charge in [-0.25, -0.2) is 0 Å². The molecule has 0 bridgehead atoms. The van der Waals surface area contributed by atoms with Crippen LogP contribution in [0.1, 0.15) is 204 Å². The molecule has 0 atom stereocenters. The first-order valence-corrected chi connectivity index (χ1v) is 20.5. The van der Waals surface area contributed by atoms with Crippen molar-refractivity contribution in [2.45, 2.75) is 205 Å². The van der Waals surface area contributed by atoms with Crippen LogP contribution >= 0.6 is 0 Å². The van der Waals surface area contributed by atoms with Gasteiger partial charge in [0.05, 0.1) is 0 Å². The molecule has 0 saturated carbocycles. The molecule has 0 aliphatic heterocycles. The molecule has 4 N–H and O–H groups in total. The second kappa shape index (κ2) is 34.5. The van der Waals surface area contributed by atoms with Gasteiger partial charge in [0.1, 0.15) is 0 Å². The molecule has 4 heteroatoms. The summed E-state index contributed by atoms with van der Waals surface area (Å²) in [4.78, 5) is 21.5. The Kier molecular flexibility index (Phi) is 31.4. The summed E-state index contributed by atoms with van der Waals surface area (Å²) in [6.45, 7) is 0. The highest BCUT2D eigenvalue weighted by molar-refractivity contribution is 5.73. The normalized spacial score (nSPS) is 11.7. The van der Waals surface area contributed by atoms with Crippen molar-refractivity contribution in [1.82, 2.24) is 0 Å². The van der Waals surface area contributed by atoms with Crippen molar-refractivity contribution >= 4 is 11.8 Å². The third-order valence-corrected chi connectivity index (χ3v) is 9.59. The summed E-state index contributed by atoms with van der Waals surface area (Å²) in [6.07, 6.45) is 48.7. The Labute approximate surface area is 297 Å². The fraction of sp³-hybridized carbons (Fsp3) is 0.727. The van der Waals surface area contributed by atoms with Crippen molar-refractivity contribution in [2.75, 3.05) is 0 Å². The molecule has 0 saturated heterocycles. The van der Waals surface area contributed by atoms with Gasteiger partial charge in [-0.3, -0.25) is 9.59 Å². The highest BCUT2D eigenvalue weighted by atomic mass is 16.1. The maximum Gasteiger partial charge on any atom is 0.217 e. The molecule has 274 valence electrons. The molecular formula is C44H76N2O2. The summed E-state index contributed by atoms with van der Waals surface area (Å²) in [5.74, 6) is -0.334. The van der Waals surface area contributed by atoms with Crippen LogP contribution in [0.5, 0.6) is 0 Å². The molecule has 0 aliphatic rings. The lowest BCUT2D eigenvalue weighted by Gasteiger charge is -2.06. The Morgan fingerprint density at radius 1 is 0.396 bits per heavy atom. The molecule has 0 heterocycles. The van der Waals surface area contributed by atoms with Crippen LogP contribution < -0.4 is 11.5 Å². The average Bonchev–Trinajstić information content (AvgIpc) is 3.07. The number of carbonyl (C=O) groups is 2. The lowest BCUT2D eigenvalue weighted by atomic mass is 10.00. The first kappa shape index (κ1) is 43.7. The Bertz CT molecular complexity index is 866. The van der Waals surface area contributed by atoms with E-state index >= 15 is 0 Å². The van der Waals surface area contributed by atoms with Crippen LogP contribution in [0.2, 0.25) is 0 Å². The number of unbranched alkanes of at least 4 members (excludes halogenated alkanes) is 24. The van der Waals surface area contributed by atoms with Gasteiger partial charge in [-0.15, -0.1) is 0 Å². The minimum Gasteiger partial charge on any atom is -0.370 e. The van der Waals surface area contributed by atoms with Crippen LogP contribution in [-0.4, -0.2) is 11.8 Å². The van der Waals surface area contributed by atoms with E-state index < -0.39 is 0 Å². The maximum atomic E-state index is 10.7. The molecule has 0 fully saturated rings. The molecule has 2 amide bonds. The zero-order chi connectivity index (χ0) is 34.6. The standard InChI is InChI=1S/C44H76N2O2/c45-43(47)38-31-27-23-19-15-11-7-3-1-5-9-13-17-21-25-29-34-41-36-33-37-42(40-41)35-30-26-22-18-14-10-6-2-4-8-12-16-20-24-28-32-39-44(46)48/h3-4,7-8,33,36-37,40H,1-2,5-6,9-32,34-35,38-39H2,(H2,45,47)(H2,46,48). The largest absolute Gasteiger partial charge is 0.370 e. The Hall–Kier alpha value is -2.36. The van der Waals surface area contributed by atoms with Gasteiger partial charge < -0.3 is 11.5 Å². The Morgan fingerprint density at radius 2 is 0.667 bits per heavy atom. The molecule has 1 rings (SSSR count). The van der Waals surface area contributed by atoms with Crippen LogP contribution in [-0.2, 0) is 22.4 Å². The maximum absolute atomic E-state index is 10.7. The molecule has 4 nitrogen and oxygen atoms in total. The summed E-state index contributed by atoms with van der Waals surface area (Å²) in [5.41, 5.74) is 13.4. The topological polar surface area (TPSA) is 86.2 Å². The second-order valence-electron chi connectivity index (χ2n) is 14.3. The molecule has 48 heavy (non-hydrogen) atoms. The van der Waals surface area contributed by atoms with Crippen LogP contribution in [0.3, 0.4) is 0 Å². The van der Waals surface area contributed by atoms with E-state index in [1.807, 2.05) is 0 Å².